The second-order valence-electron chi connectivity index (χ2n) is 5.18. The summed E-state index contributed by atoms with van der Waals surface area (Å²) in [4.78, 5) is 0. The first-order chi connectivity index (χ1) is 8.88. The number of benzene rings is 1. The number of hydrogen-bond acceptors (Lipinski definition) is 2. The average molecular weight is 247 g/mol. The first-order valence-corrected chi connectivity index (χ1v) is 7.39. The van der Waals surface area contributed by atoms with Gasteiger partial charge < -0.3 is 10.1 Å². The highest BCUT2D eigenvalue weighted by atomic mass is 16.5. The van der Waals surface area contributed by atoms with Crippen molar-refractivity contribution in [3.05, 3.63) is 24.3 Å². The van der Waals surface area contributed by atoms with Crippen LogP contribution in [0.25, 0.3) is 0 Å². The van der Waals surface area contributed by atoms with Crippen molar-refractivity contribution in [1.82, 2.24) is 0 Å². The van der Waals surface area contributed by atoms with Gasteiger partial charge in [-0.2, -0.15) is 0 Å². The van der Waals surface area contributed by atoms with Gasteiger partial charge in [-0.1, -0.05) is 19.8 Å². The molecule has 2 heteroatoms. The summed E-state index contributed by atoms with van der Waals surface area (Å²) in [5.41, 5.74) is 1.20. The van der Waals surface area contributed by atoms with Gasteiger partial charge in [0.2, 0.25) is 0 Å². The molecule has 0 saturated heterocycles. The molecule has 1 N–H and O–H groups in total. The zero-order valence-electron chi connectivity index (χ0n) is 11.5. The minimum absolute atomic E-state index is 0.452. The fourth-order valence-corrected chi connectivity index (χ4v) is 2.46. The third kappa shape index (κ3) is 4.25. The van der Waals surface area contributed by atoms with E-state index < -0.39 is 0 Å². The monoisotopic (exact) mass is 247 g/mol. The number of anilines is 1. The number of unbranched alkanes of at least 4 members (excludes halogenated alkanes) is 2. The van der Waals surface area contributed by atoms with Gasteiger partial charge in [0.05, 0.1) is 6.10 Å². The molecule has 1 fully saturated rings. The van der Waals surface area contributed by atoms with E-state index >= 15 is 0 Å². The fourth-order valence-electron chi connectivity index (χ4n) is 2.46. The summed E-state index contributed by atoms with van der Waals surface area (Å²) in [5, 5.41) is 3.44. The van der Waals surface area contributed by atoms with E-state index in [1.54, 1.807) is 0 Å². The number of hydrogen-bond donors (Lipinski definition) is 1. The lowest BCUT2D eigenvalue weighted by atomic mass is 10.2. The number of ether oxygens (including phenoxy) is 1. The van der Waals surface area contributed by atoms with E-state index in [1.165, 1.54) is 50.6 Å². The van der Waals surface area contributed by atoms with E-state index in [0.29, 0.717) is 6.10 Å². The standard InChI is InChI=1S/C16H25NO/c1-2-3-6-13-17-14-9-11-16(12-10-14)18-15-7-4-5-8-15/h9-12,15,17H,2-8,13H2,1H3. The average Bonchev–Trinajstić information content (AvgIpc) is 2.89. The smallest absolute Gasteiger partial charge is 0.119 e. The molecule has 1 aliphatic carbocycles. The third-order valence-corrected chi connectivity index (χ3v) is 3.57. The van der Waals surface area contributed by atoms with E-state index in [1.807, 2.05) is 0 Å². The second-order valence-corrected chi connectivity index (χ2v) is 5.18. The molecule has 1 aromatic carbocycles. The molecular weight excluding hydrogens is 222 g/mol. The van der Waals surface area contributed by atoms with Gasteiger partial charge in [-0.25, -0.2) is 0 Å². The molecule has 1 saturated carbocycles. The van der Waals surface area contributed by atoms with Gasteiger partial charge in [0.15, 0.2) is 0 Å². The second kappa shape index (κ2) is 7.30. The van der Waals surface area contributed by atoms with Crippen LogP contribution in [0.2, 0.25) is 0 Å². The zero-order chi connectivity index (χ0) is 12.6. The van der Waals surface area contributed by atoms with Crippen molar-refractivity contribution in [2.24, 2.45) is 0 Å². The highest BCUT2D eigenvalue weighted by Crippen LogP contribution is 2.24. The predicted molar refractivity (Wildman–Crippen MR) is 77.3 cm³/mol. The van der Waals surface area contributed by atoms with E-state index in [0.717, 1.165) is 12.3 Å². The van der Waals surface area contributed by atoms with Crippen LogP contribution < -0.4 is 10.1 Å². The molecule has 0 heterocycles. The summed E-state index contributed by atoms with van der Waals surface area (Å²) in [6.45, 7) is 3.30. The van der Waals surface area contributed by atoms with Crippen molar-refractivity contribution < 1.29 is 4.74 Å². The summed E-state index contributed by atoms with van der Waals surface area (Å²) < 4.78 is 5.95. The van der Waals surface area contributed by atoms with Gasteiger partial charge in [0, 0.05) is 12.2 Å². The predicted octanol–water partition coefficient (Wildman–Crippen LogP) is 4.61. The molecule has 1 aromatic rings. The zero-order valence-corrected chi connectivity index (χ0v) is 11.5. The fraction of sp³-hybridized carbons (Fsp3) is 0.625. The van der Waals surface area contributed by atoms with Gasteiger partial charge in [-0.05, 0) is 56.4 Å². The van der Waals surface area contributed by atoms with Gasteiger partial charge in [-0.3, -0.25) is 0 Å². The van der Waals surface area contributed by atoms with Gasteiger partial charge >= 0.3 is 0 Å². The van der Waals surface area contributed by atoms with Crippen LogP contribution in [0.15, 0.2) is 24.3 Å². The van der Waals surface area contributed by atoms with Crippen LogP contribution >= 0.6 is 0 Å². The molecular formula is C16H25NO. The van der Waals surface area contributed by atoms with Crippen molar-refractivity contribution in [3.8, 4) is 5.75 Å². The minimum atomic E-state index is 0.452. The molecule has 0 bridgehead atoms. The first-order valence-electron chi connectivity index (χ1n) is 7.39. The Morgan fingerprint density at radius 2 is 1.83 bits per heavy atom. The third-order valence-electron chi connectivity index (χ3n) is 3.57. The maximum atomic E-state index is 5.95. The van der Waals surface area contributed by atoms with Crippen LogP contribution in [0.3, 0.4) is 0 Å². The molecule has 0 radical (unpaired) electrons. The highest BCUT2D eigenvalue weighted by Gasteiger charge is 2.16. The van der Waals surface area contributed by atoms with Crippen LogP contribution in [0.4, 0.5) is 5.69 Å². The van der Waals surface area contributed by atoms with Crippen LogP contribution in [0, 0.1) is 0 Å². The Morgan fingerprint density at radius 1 is 1.11 bits per heavy atom. The van der Waals surface area contributed by atoms with Crippen molar-refractivity contribution in [2.75, 3.05) is 11.9 Å². The molecule has 0 spiro atoms. The number of rotatable bonds is 7. The Balaban J connectivity index is 1.74. The lowest BCUT2D eigenvalue weighted by Gasteiger charge is -2.13. The summed E-state index contributed by atoms with van der Waals surface area (Å²) >= 11 is 0. The highest BCUT2D eigenvalue weighted by molar-refractivity contribution is 5.46. The van der Waals surface area contributed by atoms with Crippen LogP contribution in [0.1, 0.15) is 51.9 Å². The lowest BCUT2D eigenvalue weighted by Crippen LogP contribution is -2.10. The van der Waals surface area contributed by atoms with E-state index in [9.17, 15) is 0 Å². The molecule has 100 valence electrons. The minimum Gasteiger partial charge on any atom is -0.490 e. The van der Waals surface area contributed by atoms with E-state index in [2.05, 4.69) is 36.5 Å². The summed E-state index contributed by atoms with van der Waals surface area (Å²) in [7, 11) is 0. The normalized spacial score (nSPS) is 15.8. The molecule has 2 nitrogen and oxygen atoms in total. The van der Waals surface area contributed by atoms with E-state index in [-0.39, 0.29) is 0 Å². The van der Waals surface area contributed by atoms with Crippen LogP contribution in [-0.2, 0) is 0 Å². The van der Waals surface area contributed by atoms with Crippen molar-refractivity contribution >= 4 is 5.69 Å². The molecule has 0 amide bonds. The van der Waals surface area contributed by atoms with E-state index in [4.69, 9.17) is 4.74 Å². The molecule has 2 rings (SSSR count). The molecule has 1 aliphatic rings. The Labute approximate surface area is 111 Å². The molecule has 0 unspecified atom stereocenters. The van der Waals surface area contributed by atoms with Crippen LogP contribution in [0.5, 0.6) is 5.75 Å². The summed E-state index contributed by atoms with van der Waals surface area (Å²) in [5.74, 6) is 1.01. The molecule has 0 aromatic heterocycles. The molecule has 0 aliphatic heterocycles. The first kappa shape index (κ1) is 13.3. The van der Waals surface area contributed by atoms with Crippen LogP contribution in [-0.4, -0.2) is 12.6 Å². The Kier molecular flexibility index (Phi) is 5.37. The van der Waals surface area contributed by atoms with Gasteiger partial charge in [-0.15, -0.1) is 0 Å². The Hall–Kier alpha value is -1.18. The largest absolute Gasteiger partial charge is 0.490 e. The summed E-state index contributed by atoms with van der Waals surface area (Å²) in [6.07, 6.45) is 9.36. The molecule has 18 heavy (non-hydrogen) atoms. The topological polar surface area (TPSA) is 21.3 Å². The maximum absolute atomic E-state index is 5.95. The maximum Gasteiger partial charge on any atom is 0.119 e. The quantitative estimate of drug-likeness (QED) is 0.710. The van der Waals surface area contributed by atoms with Gasteiger partial charge in [0.25, 0.3) is 0 Å². The van der Waals surface area contributed by atoms with Crippen molar-refractivity contribution in [1.29, 1.82) is 0 Å². The lowest BCUT2D eigenvalue weighted by molar-refractivity contribution is 0.210. The Bertz CT molecular complexity index is 327. The van der Waals surface area contributed by atoms with Crippen molar-refractivity contribution in [3.63, 3.8) is 0 Å². The number of nitrogens with one attached hydrogen (secondary N) is 1. The van der Waals surface area contributed by atoms with Gasteiger partial charge in [0.1, 0.15) is 5.75 Å². The SMILES string of the molecule is CCCCCNc1ccc(OC2CCCC2)cc1. The van der Waals surface area contributed by atoms with Crippen molar-refractivity contribution in [2.45, 2.75) is 58.0 Å². The Morgan fingerprint density at radius 3 is 2.50 bits per heavy atom. The molecule has 0 atom stereocenters. The summed E-state index contributed by atoms with van der Waals surface area (Å²) in [6, 6.07) is 8.41.